The third kappa shape index (κ3) is 8.38. The molecule has 0 radical (unpaired) electrons. The molecule has 0 saturated carbocycles. The number of carbonyl (C=O) groups excluding carboxylic acids is 3. The summed E-state index contributed by atoms with van der Waals surface area (Å²) >= 11 is 2.19. The highest BCUT2D eigenvalue weighted by Gasteiger charge is 2.37. The van der Waals surface area contributed by atoms with Gasteiger partial charge in [0.25, 0.3) is 11.1 Å². The van der Waals surface area contributed by atoms with Crippen LogP contribution in [-0.2, 0) is 22.7 Å². The maximum Gasteiger partial charge on any atom is 0.333 e. The molecule has 8 heterocycles. The number of likely N-dealkylation sites (tertiary alicyclic amines) is 2. The molecule has 0 spiro atoms. The van der Waals surface area contributed by atoms with Gasteiger partial charge < -0.3 is 24.4 Å². The van der Waals surface area contributed by atoms with Crippen molar-refractivity contribution in [1.29, 1.82) is 0 Å². The second kappa shape index (κ2) is 19.3. The van der Waals surface area contributed by atoms with Gasteiger partial charge in [-0.3, -0.25) is 33.1 Å². The zero-order chi connectivity index (χ0) is 51.4. The number of amides is 2. The number of aliphatic hydroxyl groups is 1. The van der Waals surface area contributed by atoms with E-state index in [-0.39, 0.29) is 63.0 Å². The van der Waals surface area contributed by atoms with E-state index in [1.807, 2.05) is 0 Å². The molecule has 3 atom stereocenters. The fourth-order valence-corrected chi connectivity index (χ4v) is 11.5. The van der Waals surface area contributed by atoms with Crippen LogP contribution in [0.1, 0.15) is 58.1 Å². The number of aromatic nitrogens is 10. The van der Waals surface area contributed by atoms with Gasteiger partial charge in [-0.15, -0.1) is 9.59 Å². The second-order valence-corrected chi connectivity index (χ2v) is 18.9. The van der Waals surface area contributed by atoms with Crippen molar-refractivity contribution in [2.45, 2.75) is 58.0 Å². The van der Waals surface area contributed by atoms with Gasteiger partial charge in [-0.1, -0.05) is 22.7 Å². The van der Waals surface area contributed by atoms with Crippen LogP contribution in [0.25, 0.3) is 30.4 Å². The van der Waals surface area contributed by atoms with Gasteiger partial charge in [0.05, 0.1) is 68.4 Å². The molecule has 26 heteroatoms. The molecule has 2 aliphatic rings. The van der Waals surface area contributed by atoms with Crippen LogP contribution >= 0.6 is 22.7 Å². The summed E-state index contributed by atoms with van der Waals surface area (Å²) in [7, 11) is 5.95. The minimum absolute atomic E-state index is 0.0470. The number of hydrogen-bond donors (Lipinski definition) is 1. The Morgan fingerprint density at radius 3 is 1.60 bits per heavy atom. The van der Waals surface area contributed by atoms with Gasteiger partial charge in [-0.2, -0.15) is 20.4 Å². The molecule has 2 aromatic carbocycles. The first-order valence-electron chi connectivity index (χ1n) is 22.1. The number of nitrogens with zero attached hydrogens (tertiary/aromatic N) is 12. The van der Waals surface area contributed by atoms with Crippen molar-refractivity contribution >= 4 is 60.7 Å². The number of benzene rings is 2. The van der Waals surface area contributed by atoms with Gasteiger partial charge in [-0.05, 0) is 63.1 Å². The van der Waals surface area contributed by atoms with E-state index in [2.05, 4.69) is 20.4 Å². The molecular weight excluding hydrogens is 983 g/mol. The second-order valence-electron chi connectivity index (χ2n) is 17.0. The summed E-state index contributed by atoms with van der Waals surface area (Å²) in [6.45, 7) is 3.39. The molecule has 374 valence electrons. The van der Waals surface area contributed by atoms with Crippen molar-refractivity contribution in [3.63, 3.8) is 0 Å². The van der Waals surface area contributed by atoms with Crippen LogP contribution < -0.4 is 32.0 Å². The van der Waals surface area contributed by atoms with Crippen molar-refractivity contribution in [3.05, 3.63) is 137 Å². The number of ether oxygens (including phenoxy) is 2. The summed E-state index contributed by atoms with van der Waals surface area (Å²) in [6, 6.07) is 5.29. The number of rotatable bonds is 12. The molecule has 8 aromatic rings. The molecular formula is C46H44F2N12O10S2. The minimum Gasteiger partial charge on any atom is -0.496 e. The molecule has 22 nitrogen and oxygen atoms in total. The molecule has 72 heavy (non-hydrogen) atoms. The van der Waals surface area contributed by atoms with Gasteiger partial charge in [0.15, 0.2) is 5.78 Å². The third-order valence-corrected chi connectivity index (χ3v) is 15.3. The molecule has 1 N–H and O–H groups in total. The first-order chi connectivity index (χ1) is 34.4. The highest BCUT2D eigenvalue weighted by atomic mass is 32.1. The third-order valence-electron chi connectivity index (χ3n) is 12.7. The number of aryl methyl sites for hydroxylation is 2. The molecule has 2 amide bonds. The maximum absolute atomic E-state index is 14.0. The van der Waals surface area contributed by atoms with E-state index >= 15 is 0 Å². The van der Waals surface area contributed by atoms with Crippen LogP contribution in [0, 0.1) is 25.5 Å². The van der Waals surface area contributed by atoms with E-state index in [9.17, 15) is 47.4 Å². The maximum atomic E-state index is 14.0. The van der Waals surface area contributed by atoms with E-state index in [0.717, 1.165) is 54.6 Å². The largest absolute Gasteiger partial charge is 0.496 e. The van der Waals surface area contributed by atoms with E-state index in [1.54, 1.807) is 27.9 Å². The van der Waals surface area contributed by atoms with Crippen LogP contribution in [-0.4, -0.2) is 122 Å². The molecule has 0 unspecified atom stereocenters. The van der Waals surface area contributed by atoms with Gasteiger partial charge >= 0.3 is 11.4 Å². The standard InChI is InChI=1S/C23H23FN6O5S.C23H21FN6O5S/c2*1-12-18-20(33)29(15-6-9-27(2)19(15)32)23(34)28(22(18)36-21(12)30-25-7-8-26-30)11-16(31)14-10-13(24)4-5-17(14)35-3/h4-5,7-8,10,15-16,31H,6,9,11H2,1-3H3;4-5,7-8,10,15H,6,9,11H2,1-3H3/t15-,16+;15-/m11/s1. The fourth-order valence-electron chi connectivity index (χ4n) is 9.03. The molecule has 2 aliphatic heterocycles. The number of fused-ring (bicyclic) bond motifs is 2. The number of ketones is 1. The first kappa shape index (κ1) is 49.0. The van der Waals surface area contributed by atoms with Gasteiger partial charge in [-0.25, -0.2) is 27.5 Å². The van der Waals surface area contributed by atoms with Crippen molar-refractivity contribution in [2.75, 3.05) is 41.4 Å². The van der Waals surface area contributed by atoms with Crippen LogP contribution in [0.4, 0.5) is 8.78 Å². The van der Waals surface area contributed by atoms with Crippen LogP contribution in [0.5, 0.6) is 11.5 Å². The number of hydrogen-bond acceptors (Lipinski definition) is 16. The smallest absolute Gasteiger partial charge is 0.333 e. The summed E-state index contributed by atoms with van der Waals surface area (Å²) in [4.78, 5) is 99.7. The zero-order valence-electron chi connectivity index (χ0n) is 39.3. The van der Waals surface area contributed by atoms with Gasteiger partial charge in [0, 0.05) is 43.9 Å². The number of methoxy groups -OCH3 is 2. The Kier molecular flexibility index (Phi) is 13.2. The lowest BCUT2D eigenvalue weighted by Gasteiger charge is -2.19. The molecule has 2 saturated heterocycles. The normalized spacial score (nSPS) is 16.2. The number of thiophene rings is 2. The summed E-state index contributed by atoms with van der Waals surface area (Å²) < 4.78 is 42.7. The van der Waals surface area contributed by atoms with Crippen molar-refractivity contribution in [2.24, 2.45) is 0 Å². The van der Waals surface area contributed by atoms with Crippen molar-refractivity contribution < 1.29 is 37.7 Å². The summed E-state index contributed by atoms with van der Waals surface area (Å²) in [5, 5.41) is 29.0. The Balaban J connectivity index is 0.000000178. The topological polar surface area (TPSA) is 246 Å². The minimum atomic E-state index is -1.35. The van der Waals surface area contributed by atoms with Crippen molar-refractivity contribution in [3.8, 4) is 21.5 Å². The molecule has 6 aromatic heterocycles. The Labute approximate surface area is 412 Å². The Hall–Kier alpha value is -7.97. The van der Waals surface area contributed by atoms with Crippen LogP contribution in [0.3, 0.4) is 0 Å². The monoisotopic (exact) mass is 1030 g/mol. The lowest BCUT2D eigenvalue weighted by Crippen LogP contribution is -2.44. The number of carbonyl (C=O) groups is 3. The first-order valence-corrected chi connectivity index (χ1v) is 23.8. The van der Waals surface area contributed by atoms with E-state index in [4.69, 9.17) is 9.47 Å². The molecule has 0 bridgehead atoms. The van der Waals surface area contributed by atoms with Crippen LogP contribution in [0.15, 0.2) is 80.4 Å². The summed E-state index contributed by atoms with van der Waals surface area (Å²) in [5.41, 5.74) is -1.61. The Bertz CT molecular complexity index is 3710. The number of aliphatic hydroxyl groups excluding tert-OH is 1. The molecule has 2 fully saturated rings. The predicted molar refractivity (Wildman–Crippen MR) is 258 cm³/mol. The lowest BCUT2D eigenvalue weighted by molar-refractivity contribution is -0.130. The van der Waals surface area contributed by atoms with E-state index in [1.165, 1.54) is 81.2 Å². The van der Waals surface area contributed by atoms with Gasteiger partial charge in [0.2, 0.25) is 11.8 Å². The van der Waals surface area contributed by atoms with Crippen molar-refractivity contribution in [1.82, 2.24) is 58.1 Å². The average molecular weight is 1030 g/mol. The number of Topliss-reactive ketones (excluding diaryl/α,β-unsaturated/α-hetero) is 1. The zero-order valence-corrected chi connectivity index (χ0v) is 40.9. The van der Waals surface area contributed by atoms with Gasteiger partial charge in [0.1, 0.15) is 61.0 Å². The Morgan fingerprint density at radius 2 is 1.14 bits per heavy atom. The SMILES string of the molecule is COc1ccc(F)cc1C(=O)Cn1c(=O)n([C@@H]2CCN(C)C2=O)c(=O)c2c(C)c(-n3nccn3)sc21.COc1ccc(F)cc1[C@@H](O)Cn1c(=O)n([C@@H]2CCN(C)C2=O)c(=O)c2c(C)c(-n3nccn3)sc21. The van der Waals surface area contributed by atoms with E-state index < -0.39 is 64.6 Å². The summed E-state index contributed by atoms with van der Waals surface area (Å²) in [5.74, 6) is -2.12. The highest BCUT2D eigenvalue weighted by Crippen LogP contribution is 2.35. The van der Waals surface area contributed by atoms with Crippen LogP contribution in [0.2, 0.25) is 0 Å². The number of halogens is 2. The highest BCUT2D eigenvalue weighted by molar-refractivity contribution is 7.21. The lowest BCUT2D eigenvalue weighted by atomic mass is 10.1. The quantitative estimate of drug-likeness (QED) is 0.173. The number of likely N-dealkylation sites (N-methyl/N-ethyl adjacent to an activating group) is 2. The Morgan fingerprint density at radius 1 is 0.694 bits per heavy atom. The van der Waals surface area contributed by atoms with E-state index in [0.29, 0.717) is 45.5 Å². The summed E-state index contributed by atoms with van der Waals surface area (Å²) in [6.07, 6.45) is 5.15. The molecule has 0 aliphatic carbocycles. The fraction of sp³-hybridized carbons (Fsp3) is 0.326. The predicted octanol–water partition coefficient (Wildman–Crippen LogP) is 2.95. The molecule has 10 rings (SSSR count). The average Bonchev–Trinajstić information content (AvgIpc) is 4.25.